The molecule has 3 rings (SSSR count). The lowest BCUT2D eigenvalue weighted by Gasteiger charge is -2.26. The number of nitrogens with zero attached hydrogens (tertiary/aromatic N) is 1. The van der Waals surface area contributed by atoms with Gasteiger partial charge in [-0.3, -0.25) is 0 Å². The first-order valence-electron chi connectivity index (χ1n) is 8.34. The Balaban J connectivity index is 1.72. The van der Waals surface area contributed by atoms with E-state index in [0.717, 1.165) is 23.3 Å². The second-order valence-corrected chi connectivity index (χ2v) is 5.92. The molecule has 0 saturated carbocycles. The summed E-state index contributed by atoms with van der Waals surface area (Å²) in [5.41, 5.74) is 7.95. The van der Waals surface area contributed by atoms with Crippen LogP contribution in [0.15, 0.2) is 41.4 Å². The molecule has 0 saturated heterocycles. The highest BCUT2D eigenvalue weighted by Crippen LogP contribution is 2.37. The Labute approximate surface area is 152 Å². The van der Waals surface area contributed by atoms with Crippen molar-refractivity contribution in [1.29, 1.82) is 0 Å². The van der Waals surface area contributed by atoms with Gasteiger partial charge in [0.2, 0.25) is 5.75 Å². The number of para-hydroxylation sites is 1. The number of hydrogen-bond donors (Lipinski definition) is 3. The van der Waals surface area contributed by atoms with Crippen molar-refractivity contribution in [3.63, 3.8) is 0 Å². The van der Waals surface area contributed by atoms with Crippen LogP contribution in [-0.4, -0.2) is 31.9 Å². The van der Waals surface area contributed by atoms with Crippen molar-refractivity contribution in [2.24, 2.45) is 10.7 Å². The first-order valence-corrected chi connectivity index (χ1v) is 8.34. The molecule has 0 aromatic heterocycles. The number of rotatable bonds is 5. The number of phenols is 1. The molecule has 1 atom stereocenters. The van der Waals surface area contributed by atoms with Crippen molar-refractivity contribution in [3.05, 3.63) is 47.5 Å². The Hall–Kier alpha value is -3.09. The van der Waals surface area contributed by atoms with E-state index in [0.29, 0.717) is 30.6 Å². The summed E-state index contributed by atoms with van der Waals surface area (Å²) >= 11 is 0. The molecule has 0 spiro atoms. The van der Waals surface area contributed by atoms with E-state index in [9.17, 15) is 5.11 Å². The van der Waals surface area contributed by atoms with Gasteiger partial charge < -0.3 is 30.4 Å². The maximum atomic E-state index is 9.97. The van der Waals surface area contributed by atoms with E-state index in [4.69, 9.17) is 19.9 Å². The van der Waals surface area contributed by atoms with Crippen LogP contribution in [0.3, 0.4) is 0 Å². The fraction of sp³-hybridized carbons (Fsp3) is 0.316. The normalized spacial score (nSPS) is 16.4. The number of benzene rings is 2. The summed E-state index contributed by atoms with van der Waals surface area (Å²) in [6.45, 7) is 0.963. The molecular formula is C19H23N3O4. The number of fused-ring (bicyclic) bond motifs is 1. The van der Waals surface area contributed by atoms with Gasteiger partial charge in [-0.1, -0.05) is 18.2 Å². The minimum Gasteiger partial charge on any atom is -0.502 e. The maximum Gasteiger partial charge on any atom is 0.200 e. The highest BCUT2D eigenvalue weighted by Gasteiger charge is 2.21. The SMILES string of the molecule is COc1cc(CN=C(N)NC2CCOc3ccccc32)cc(OC)c1O. The summed E-state index contributed by atoms with van der Waals surface area (Å²) in [6.07, 6.45) is 0.814. The van der Waals surface area contributed by atoms with Crippen LogP contribution in [0.2, 0.25) is 0 Å². The van der Waals surface area contributed by atoms with Crippen molar-refractivity contribution in [3.8, 4) is 23.0 Å². The number of methoxy groups -OCH3 is 2. The van der Waals surface area contributed by atoms with Gasteiger partial charge >= 0.3 is 0 Å². The molecule has 0 bridgehead atoms. The number of nitrogens with two attached hydrogens (primary N) is 1. The fourth-order valence-corrected chi connectivity index (χ4v) is 2.93. The number of aliphatic imine (C=N–C) groups is 1. The Morgan fingerprint density at radius 2 is 1.96 bits per heavy atom. The molecule has 4 N–H and O–H groups in total. The molecule has 7 heteroatoms. The average molecular weight is 357 g/mol. The van der Waals surface area contributed by atoms with Crippen LogP contribution in [0.25, 0.3) is 0 Å². The second-order valence-electron chi connectivity index (χ2n) is 5.92. The minimum absolute atomic E-state index is 0.0346. The Bertz CT molecular complexity index is 782. The Morgan fingerprint density at radius 1 is 1.27 bits per heavy atom. The molecule has 0 amide bonds. The standard InChI is InChI=1S/C19H23N3O4/c1-24-16-9-12(10-17(25-2)18(16)23)11-21-19(20)22-14-7-8-26-15-6-4-3-5-13(14)15/h3-6,9-10,14,23H,7-8,11H2,1-2H3,(H3,20,21,22). The first-order chi connectivity index (χ1) is 12.6. The van der Waals surface area contributed by atoms with Gasteiger partial charge in [0.05, 0.1) is 33.4 Å². The summed E-state index contributed by atoms with van der Waals surface area (Å²) in [5, 5.41) is 13.2. The molecule has 7 nitrogen and oxygen atoms in total. The second kappa shape index (κ2) is 7.86. The van der Waals surface area contributed by atoms with Crippen molar-refractivity contribution >= 4 is 5.96 Å². The number of aromatic hydroxyl groups is 1. The third-order valence-electron chi connectivity index (χ3n) is 4.25. The zero-order valence-electron chi connectivity index (χ0n) is 14.9. The monoisotopic (exact) mass is 357 g/mol. The Kier molecular flexibility index (Phi) is 5.36. The molecule has 26 heavy (non-hydrogen) atoms. The van der Waals surface area contributed by atoms with Crippen LogP contribution < -0.4 is 25.3 Å². The van der Waals surface area contributed by atoms with Crippen molar-refractivity contribution in [1.82, 2.24) is 5.32 Å². The van der Waals surface area contributed by atoms with E-state index in [-0.39, 0.29) is 11.8 Å². The summed E-state index contributed by atoms with van der Waals surface area (Å²) in [6, 6.07) is 11.4. The molecule has 0 aliphatic carbocycles. The quantitative estimate of drug-likeness (QED) is 0.561. The zero-order valence-corrected chi connectivity index (χ0v) is 14.9. The summed E-state index contributed by atoms with van der Waals surface area (Å²) < 4.78 is 16.0. The number of nitrogens with one attached hydrogen (secondary N) is 1. The number of phenolic OH excluding ortho intramolecular Hbond substituents is 1. The summed E-state index contributed by atoms with van der Waals surface area (Å²) in [5.74, 6) is 1.85. The minimum atomic E-state index is -0.0346. The van der Waals surface area contributed by atoms with E-state index in [1.165, 1.54) is 14.2 Å². The van der Waals surface area contributed by atoms with Gasteiger partial charge in [-0.25, -0.2) is 4.99 Å². The lowest BCUT2D eigenvalue weighted by atomic mass is 10.0. The van der Waals surface area contributed by atoms with Crippen LogP contribution in [0, 0.1) is 0 Å². The van der Waals surface area contributed by atoms with E-state index in [1.807, 2.05) is 24.3 Å². The highest BCUT2D eigenvalue weighted by atomic mass is 16.5. The van der Waals surface area contributed by atoms with Crippen molar-refractivity contribution in [2.45, 2.75) is 19.0 Å². The topological polar surface area (TPSA) is 98.3 Å². The molecule has 1 aliphatic heterocycles. The summed E-state index contributed by atoms with van der Waals surface area (Å²) in [4.78, 5) is 4.39. The fourth-order valence-electron chi connectivity index (χ4n) is 2.93. The molecular weight excluding hydrogens is 334 g/mol. The highest BCUT2D eigenvalue weighted by molar-refractivity contribution is 5.78. The van der Waals surface area contributed by atoms with Crippen LogP contribution in [0.5, 0.6) is 23.0 Å². The first kappa shape index (κ1) is 17.7. The van der Waals surface area contributed by atoms with Gasteiger partial charge in [0.25, 0.3) is 0 Å². The largest absolute Gasteiger partial charge is 0.502 e. The average Bonchev–Trinajstić information content (AvgIpc) is 2.67. The van der Waals surface area contributed by atoms with Crippen molar-refractivity contribution < 1.29 is 19.3 Å². The van der Waals surface area contributed by atoms with Gasteiger partial charge in [0.15, 0.2) is 17.5 Å². The zero-order chi connectivity index (χ0) is 18.5. The van der Waals surface area contributed by atoms with Gasteiger partial charge in [0, 0.05) is 12.0 Å². The molecule has 2 aromatic carbocycles. The van der Waals surface area contributed by atoms with Crippen LogP contribution in [-0.2, 0) is 6.54 Å². The van der Waals surface area contributed by atoms with Gasteiger partial charge in [-0.15, -0.1) is 0 Å². The van der Waals surface area contributed by atoms with Crippen LogP contribution in [0.1, 0.15) is 23.6 Å². The third-order valence-corrected chi connectivity index (χ3v) is 4.25. The molecule has 1 aliphatic rings. The lowest BCUT2D eigenvalue weighted by Crippen LogP contribution is -2.37. The van der Waals surface area contributed by atoms with E-state index in [2.05, 4.69) is 10.3 Å². The van der Waals surface area contributed by atoms with Gasteiger partial charge in [-0.05, 0) is 23.8 Å². The van der Waals surface area contributed by atoms with Gasteiger partial charge in [-0.2, -0.15) is 0 Å². The third kappa shape index (κ3) is 3.77. The molecule has 0 radical (unpaired) electrons. The predicted octanol–water partition coefficient (Wildman–Crippen LogP) is 2.34. The summed E-state index contributed by atoms with van der Waals surface area (Å²) in [7, 11) is 2.97. The van der Waals surface area contributed by atoms with E-state index in [1.54, 1.807) is 12.1 Å². The lowest BCUT2D eigenvalue weighted by molar-refractivity contribution is 0.262. The van der Waals surface area contributed by atoms with Crippen LogP contribution >= 0.6 is 0 Å². The molecule has 2 aromatic rings. The van der Waals surface area contributed by atoms with Crippen LogP contribution in [0.4, 0.5) is 0 Å². The maximum absolute atomic E-state index is 9.97. The number of hydrogen-bond acceptors (Lipinski definition) is 5. The molecule has 0 fully saturated rings. The number of ether oxygens (including phenoxy) is 3. The molecule has 1 unspecified atom stereocenters. The van der Waals surface area contributed by atoms with Crippen molar-refractivity contribution in [2.75, 3.05) is 20.8 Å². The van der Waals surface area contributed by atoms with E-state index < -0.39 is 0 Å². The smallest absolute Gasteiger partial charge is 0.200 e. The predicted molar refractivity (Wildman–Crippen MR) is 99.0 cm³/mol. The van der Waals surface area contributed by atoms with Gasteiger partial charge in [0.1, 0.15) is 5.75 Å². The number of guanidine groups is 1. The molecule has 138 valence electrons. The van der Waals surface area contributed by atoms with E-state index >= 15 is 0 Å². The molecule has 1 heterocycles. The Morgan fingerprint density at radius 3 is 2.65 bits per heavy atom.